The SMILES string of the molecule is COc1ccc(/C=C2\CNNC2=O)cc1. The van der Waals surface area contributed by atoms with E-state index in [1.54, 1.807) is 7.11 Å². The molecule has 0 aliphatic carbocycles. The number of hydrogen-bond donors (Lipinski definition) is 2. The fourth-order valence-electron chi connectivity index (χ4n) is 1.40. The van der Waals surface area contributed by atoms with Gasteiger partial charge in [-0.2, -0.15) is 0 Å². The van der Waals surface area contributed by atoms with Crippen molar-refractivity contribution in [2.24, 2.45) is 0 Å². The molecule has 0 aromatic heterocycles. The van der Waals surface area contributed by atoms with Gasteiger partial charge >= 0.3 is 0 Å². The molecule has 1 aliphatic heterocycles. The maximum Gasteiger partial charge on any atom is 0.262 e. The number of rotatable bonds is 2. The third-order valence-electron chi connectivity index (χ3n) is 2.23. The number of benzene rings is 1. The zero-order valence-corrected chi connectivity index (χ0v) is 8.41. The van der Waals surface area contributed by atoms with E-state index in [-0.39, 0.29) is 5.91 Å². The van der Waals surface area contributed by atoms with E-state index in [4.69, 9.17) is 4.74 Å². The highest BCUT2D eigenvalue weighted by atomic mass is 16.5. The van der Waals surface area contributed by atoms with Crippen LogP contribution in [0.5, 0.6) is 5.75 Å². The van der Waals surface area contributed by atoms with Gasteiger partial charge < -0.3 is 4.74 Å². The number of hydrazine groups is 1. The van der Waals surface area contributed by atoms with Crippen LogP contribution in [0, 0.1) is 0 Å². The number of carbonyl (C=O) groups excluding carboxylic acids is 1. The summed E-state index contributed by atoms with van der Waals surface area (Å²) in [5.41, 5.74) is 7.03. The van der Waals surface area contributed by atoms with Gasteiger partial charge in [-0.15, -0.1) is 0 Å². The first-order valence-corrected chi connectivity index (χ1v) is 4.67. The molecule has 78 valence electrons. The van der Waals surface area contributed by atoms with E-state index >= 15 is 0 Å². The van der Waals surface area contributed by atoms with Crippen LogP contribution in [-0.4, -0.2) is 19.6 Å². The zero-order chi connectivity index (χ0) is 10.7. The quantitative estimate of drug-likeness (QED) is 0.698. The van der Waals surface area contributed by atoms with Gasteiger partial charge in [0.05, 0.1) is 7.11 Å². The van der Waals surface area contributed by atoms with Crippen molar-refractivity contribution in [1.29, 1.82) is 0 Å². The Morgan fingerprint density at radius 3 is 2.60 bits per heavy atom. The van der Waals surface area contributed by atoms with E-state index in [2.05, 4.69) is 10.9 Å². The van der Waals surface area contributed by atoms with Crippen molar-refractivity contribution in [2.45, 2.75) is 0 Å². The molecule has 2 N–H and O–H groups in total. The van der Waals surface area contributed by atoms with Crippen LogP contribution in [0.4, 0.5) is 0 Å². The number of ether oxygens (including phenoxy) is 1. The minimum Gasteiger partial charge on any atom is -0.497 e. The van der Waals surface area contributed by atoms with Gasteiger partial charge in [-0.3, -0.25) is 10.2 Å². The molecule has 0 unspecified atom stereocenters. The van der Waals surface area contributed by atoms with Crippen molar-refractivity contribution in [3.8, 4) is 5.75 Å². The Labute approximate surface area is 87.9 Å². The second kappa shape index (κ2) is 4.14. The molecule has 1 saturated heterocycles. The van der Waals surface area contributed by atoms with Gasteiger partial charge in [0, 0.05) is 12.1 Å². The third kappa shape index (κ3) is 2.16. The van der Waals surface area contributed by atoms with E-state index < -0.39 is 0 Å². The maximum atomic E-state index is 11.2. The summed E-state index contributed by atoms with van der Waals surface area (Å²) in [6, 6.07) is 7.56. The Kier molecular flexibility index (Phi) is 2.69. The molecule has 1 aromatic carbocycles. The second-order valence-corrected chi connectivity index (χ2v) is 3.25. The second-order valence-electron chi connectivity index (χ2n) is 3.25. The Morgan fingerprint density at radius 1 is 1.33 bits per heavy atom. The summed E-state index contributed by atoms with van der Waals surface area (Å²) >= 11 is 0. The van der Waals surface area contributed by atoms with Gasteiger partial charge in [0.25, 0.3) is 5.91 Å². The van der Waals surface area contributed by atoms with Crippen LogP contribution in [0.1, 0.15) is 5.56 Å². The molecule has 1 fully saturated rings. The highest BCUT2D eigenvalue weighted by Crippen LogP contribution is 2.14. The Balaban J connectivity index is 2.20. The van der Waals surface area contributed by atoms with E-state index in [0.717, 1.165) is 16.9 Å². The predicted octanol–water partition coefficient (Wildman–Crippen LogP) is 0.713. The van der Waals surface area contributed by atoms with E-state index in [1.807, 2.05) is 30.3 Å². The molecular formula is C11H12N2O2. The molecule has 4 nitrogen and oxygen atoms in total. The van der Waals surface area contributed by atoms with Gasteiger partial charge in [-0.25, -0.2) is 5.43 Å². The summed E-state index contributed by atoms with van der Waals surface area (Å²) in [5.74, 6) is 0.747. The number of amides is 1. The minimum atomic E-state index is -0.0641. The molecule has 0 radical (unpaired) electrons. The lowest BCUT2D eigenvalue weighted by atomic mass is 10.1. The summed E-state index contributed by atoms with van der Waals surface area (Å²) in [7, 11) is 1.63. The summed E-state index contributed by atoms with van der Waals surface area (Å²) in [4.78, 5) is 11.2. The lowest BCUT2D eigenvalue weighted by molar-refractivity contribution is -0.116. The van der Waals surface area contributed by atoms with Crippen LogP contribution in [-0.2, 0) is 4.79 Å². The van der Waals surface area contributed by atoms with Gasteiger partial charge in [-0.1, -0.05) is 12.1 Å². The van der Waals surface area contributed by atoms with Crippen LogP contribution in [0.25, 0.3) is 6.08 Å². The number of carbonyl (C=O) groups is 1. The zero-order valence-electron chi connectivity index (χ0n) is 8.41. The summed E-state index contributed by atoms with van der Waals surface area (Å²) < 4.78 is 5.05. The first kappa shape index (κ1) is 9.73. The molecule has 15 heavy (non-hydrogen) atoms. The van der Waals surface area contributed by atoms with Crippen molar-refractivity contribution < 1.29 is 9.53 Å². The van der Waals surface area contributed by atoms with Gasteiger partial charge in [0.15, 0.2) is 0 Å². The molecule has 1 aliphatic rings. The van der Waals surface area contributed by atoms with Crippen LogP contribution in [0.3, 0.4) is 0 Å². The monoisotopic (exact) mass is 204 g/mol. The first-order chi connectivity index (χ1) is 7.29. The number of methoxy groups -OCH3 is 1. The van der Waals surface area contributed by atoms with Crippen molar-refractivity contribution in [2.75, 3.05) is 13.7 Å². The normalized spacial score (nSPS) is 17.9. The highest BCUT2D eigenvalue weighted by molar-refractivity contribution is 5.99. The molecule has 1 aromatic rings. The summed E-state index contributed by atoms with van der Waals surface area (Å²) in [5, 5.41) is 0. The molecule has 1 amide bonds. The average molecular weight is 204 g/mol. The Bertz CT molecular complexity index is 396. The van der Waals surface area contributed by atoms with Crippen LogP contribution >= 0.6 is 0 Å². The fraction of sp³-hybridized carbons (Fsp3) is 0.182. The van der Waals surface area contributed by atoms with Crippen LogP contribution in [0.15, 0.2) is 29.8 Å². The van der Waals surface area contributed by atoms with Crippen molar-refractivity contribution in [1.82, 2.24) is 10.9 Å². The van der Waals surface area contributed by atoms with Crippen LogP contribution < -0.4 is 15.6 Å². The molecule has 0 bridgehead atoms. The molecule has 0 saturated carbocycles. The van der Waals surface area contributed by atoms with E-state index in [1.165, 1.54) is 0 Å². The highest BCUT2D eigenvalue weighted by Gasteiger charge is 2.14. The largest absolute Gasteiger partial charge is 0.497 e. The van der Waals surface area contributed by atoms with Crippen molar-refractivity contribution in [3.05, 3.63) is 35.4 Å². The standard InChI is InChI=1S/C11H12N2O2/c1-15-10-4-2-8(3-5-10)6-9-7-12-13-11(9)14/h2-6,12H,7H2,1H3,(H,13,14)/b9-6+. The maximum absolute atomic E-state index is 11.2. The smallest absolute Gasteiger partial charge is 0.262 e. The number of nitrogens with one attached hydrogen (secondary N) is 2. The Hall–Kier alpha value is -1.81. The average Bonchev–Trinajstić information content (AvgIpc) is 2.66. The summed E-state index contributed by atoms with van der Waals surface area (Å²) in [6.45, 7) is 0.560. The molecule has 0 atom stereocenters. The van der Waals surface area contributed by atoms with Crippen molar-refractivity contribution >= 4 is 12.0 Å². The first-order valence-electron chi connectivity index (χ1n) is 4.67. The van der Waals surface area contributed by atoms with Gasteiger partial charge in [-0.05, 0) is 23.8 Å². The molecule has 4 heteroatoms. The molecule has 1 heterocycles. The topological polar surface area (TPSA) is 50.4 Å². The Morgan fingerprint density at radius 2 is 2.07 bits per heavy atom. The fourth-order valence-corrected chi connectivity index (χ4v) is 1.40. The van der Waals surface area contributed by atoms with Crippen molar-refractivity contribution in [3.63, 3.8) is 0 Å². The van der Waals surface area contributed by atoms with E-state index in [9.17, 15) is 4.79 Å². The lowest BCUT2D eigenvalue weighted by Gasteiger charge is -1.99. The van der Waals surface area contributed by atoms with Gasteiger partial charge in [0.1, 0.15) is 5.75 Å². The third-order valence-corrected chi connectivity index (χ3v) is 2.23. The summed E-state index contributed by atoms with van der Waals surface area (Å²) in [6.07, 6.45) is 1.86. The van der Waals surface area contributed by atoms with E-state index in [0.29, 0.717) is 6.54 Å². The predicted molar refractivity (Wildman–Crippen MR) is 57.1 cm³/mol. The minimum absolute atomic E-state index is 0.0641. The lowest BCUT2D eigenvalue weighted by Crippen LogP contribution is -2.25. The molecule has 0 spiro atoms. The van der Waals surface area contributed by atoms with Gasteiger partial charge in [0.2, 0.25) is 0 Å². The molecular weight excluding hydrogens is 192 g/mol. The molecule has 2 rings (SSSR count). The van der Waals surface area contributed by atoms with Crippen LogP contribution in [0.2, 0.25) is 0 Å². The number of hydrogen-bond acceptors (Lipinski definition) is 3.